The zero-order valence-corrected chi connectivity index (χ0v) is 15.5. The van der Waals surface area contributed by atoms with Gasteiger partial charge in [-0.1, -0.05) is 42.5 Å². The van der Waals surface area contributed by atoms with Crippen LogP contribution in [0.5, 0.6) is 5.75 Å². The number of H-pyrrole nitrogens is 1. The predicted octanol–water partition coefficient (Wildman–Crippen LogP) is 3.99. The van der Waals surface area contributed by atoms with E-state index in [9.17, 15) is 9.59 Å². The lowest BCUT2D eigenvalue weighted by molar-refractivity contribution is 0.0734. The van der Waals surface area contributed by atoms with E-state index in [1.165, 1.54) is 12.4 Å². The summed E-state index contributed by atoms with van der Waals surface area (Å²) in [6.07, 6.45) is 3.63. The molecule has 0 saturated heterocycles. The number of anilines is 1. The van der Waals surface area contributed by atoms with Crippen molar-refractivity contribution in [3.05, 3.63) is 89.7 Å². The number of carbonyl (C=O) groups excluding carboxylic acids is 2. The number of nitrogens with one attached hydrogen (secondary N) is 1. The summed E-state index contributed by atoms with van der Waals surface area (Å²) in [6.45, 7) is 0.596. The van der Waals surface area contributed by atoms with Gasteiger partial charge in [0.1, 0.15) is 0 Å². The molecule has 6 nitrogen and oxygen atoms in total. The Morgan fingerprint density at radius 2 is 1.93 bits per heavy atom. The highest BCUT2D eigenvalue weighted by molar-refractivity contribution is 6.13. The number of esters is 1. The van der Waals surface area contributed by atoms with E-state index >= 15 is 0 Å². The first-order chi connectivity index (χ1) is 14.2. The van der Waals surface area contributed by atoms with E-state index in [2.05, 4.69) is 10.2 Å². The molecule has 0 atom stereocenters. The number of rotatable bonds is 3. The topological polar surface area (TPSA) is 75.3 Å². The van der Waals surface area contributed by atoms with Crippen LogP contribution < -0.4 is 9.64 Å². The van der Waals surface area contributed by atoms with Crippen LogP contribution in [0.1, 0.15) is 26.3 Å². The number of benzene rings is 3. The zero-order valence-electron chi connectivity index (χ0n) is 15.5. The molecular formula is C23H17N3O3. The average Bonchev–Trinajstić information content (AvgIpc) is 3.27. The van der Waals surface area contributed by atoms with E-state index < -0.39 is 5.97 Å². The molecule has 0 fully saturated rings. The van der Waals surface area contributed by atoms with Gasteiger partial charge in [0.05, 0.1) is 23.6 Å². The molecule has 0 bridgehead atoms. The summed E-state index contributed by atoms with van der Waals surface area (Å²) >= 11 is 0. The highest BCUT2D eigenvalue weighted by Crippen LogP contribution is 2.31. The number of nitrogens with zero attached hydrogens (tertiary/aromatic N) is 2. The number of aromatic nitrogens is 2. The predicted molar refractivity (Wildman–Crippen MR) is 109 cm³/mol. The molecule has 1 aromatic heterocycles. The van der Waals surface area contributed by atoms with Gasteiger partial charge in [0, 0.05) is 17.5 Å². The highest BCUT2D eigenvalue weighted by Gasteiger charge is 2.27. The van der Waals surface area contributed by atoms with Crippen LogP contribution in [0.15, 0.2) is 73.1 Å². The van der Waals surface area contributed by atoms with Crippen LogP contribution >= 0.6 is 0 Å². The van der Waals surface area contributed by atoms with Crippen molar-refractivity contribution in [3.8, 4) is 5.75 Å². The fraction of sp³-hybridized carbons (Fsp3) is 0.0870. The van der Waals surface area contributed by atoms with Gasteiger partial charge in [0.25, 0.3) is 5.91 Å². The first kappa shape index (κ1) is 17.2. The minimum atomic E-state index is -0.524. The molecule has 1 N–H and O–H groups in total. The maximum absolute atomic E-state index is 13.3. The van der Waals surface area contributed by atoms with Crippen LogP contribution in [-0.2, 0) is 6.42 Å². The molecule has 4 aromatic rings. The molecule has 0 aliphatic carbocycles. The summed E-state index contributed by atoms with van der Waals surface area (Å²) in [7, 11) is 0. The summed E-state index contributed by atoms with van der Waals surface area (Å²) in [5.41, 5.74) is 2.68. The molecule has 3 aromatic carbocycles. The Hall–Kier alpha value is -3.93. The number of hydrogen-bond donors (Lipinski definition) is 1. The summed E-state index contributed by atoms with van der Waals surface area (Å²) in [6, 6.07) is 19.1. The van der Waals surface area contributed by atoms with Crippen LogP contribution in [0.2, 0.25) is 0 Å². The molecule has 0 unspecified atom stereocenters. The van der Waals surface area contributed by atoms with Crippen molar-refractivity contribution in [2.24, 2.45) is 0 Å². The molecule has 6 heteroatoms. The fourth-order valence-electron chi connectivity index (χ4n) is 3.73. The molecule has 29 heavy (non-hydrogen) atoms. The van der Waals surface area contributed by atoms with Gasteiger partial charge in [-0.15, -0.1) is 0 Å². The SMILES string of the molecule is O=C(Oc1cn[nH]c1)c1ccc2c(c1)C(=O)N(c1cccc3ccccc13)CC2. The quantitative estimate of drug-likeness (QED) is 0.543. The van der Waals surface area contributed by atoms with Gasteiger partial charge in [-0.05, 0) is 35.6 Å². The lowest BCUT2D eigenvalue weighted by atomic mass is 9.95. The number of amides is 1. The Bertz CT molecular complexity index is 1230. The van der Waals surface area contributed by atoms with E-state index in [0.717, 1.165) is 28.4 Å². The van der Waals surface area contributed by atoms with E-state index in [1.54, 1.807) is 17.0 Å². The summed E-state index contributed by atoms with van der Waals surface area (Å²) in [5.74, 6) is -0.304. The third-order valence-corrected chi connectivity index (χ3v) is 5.17. The molecule has 0 saturated carbocycles. The van der Waals surface area contributed by atoms with E-state index in [-0.39, 0.29) is 5.91 Å². The highest BCUT2D eigenvalue weighted by atomic mass is 16.5. The van der Waals surface area contributed by atoms with Gasteiger partial charge < -0.3 is 9.64 Å². The third kappa shape index (κ3) is 3.04. The van der Waals surface area contributed by atoms with Crippen molar-refractivity contribution in [2.45, 2.75) is 6.42 Å². The van der Waals surface area contributed by atoms with Crippen molar-refractivity contribution in [1.82, 2.24) is 10.2 Å². The maximum atomic E-state index is 13.3. The monoisotopic (exact) mass is 383 g/mol. The van der Waals surface area contributed by atoms with Gasteiger partial charge in [-0.2, -0.15) is 5.10 Å². The molecular weight excluding hydrogens is 366 g/mol. The van der Waals surface area contributed by atoms with Crippen molar-refractivity contribution in [3.63, 3.8) is 0 Å². The molecule has 2 heterocycles. The molecule has 5 rings (SSSR count). The average molecular weight is 383 g/mol. The number of hydrogen-bond acceptors (Lipinski definition) is 4. The number of ether oxygens (including phenoxy) is 1. The van der Waals surface area contributed by atoms with Crippen LogP contribution in [0.25, 0.3) is 10.8 Å². The Morgan fingerprint density at radius 3 is 2.79 bits per heavy atom. The Labute approximate surface area is 166 Å². The first-order valence-electron chi connectivity index (χ1n) is 9.34. The molecule has 0 spiro atoms. The van der Waals surface area contributed by atoms with Gasteiger partial charge in [-0.25, -0.2) is 4.79 Å². The second kappa shape index (κ2) is 6.91. The van der Waals surface area contributed by atoms with Crippen LogP contribution in [0.4, 0.5) is 5.69 Å². The zero-order chi connectivity index (χ0) is 19.8. The standard InChI is InChI=1S/C23H17N3O3/c27-22-20-12-17(23(28)29-18-13-24-25-14-18)9-8-16(20)10-11-26(22)21-7-3-5-15-4-1-2-6-19(15)21/h1-9,12-14H,10-11H2,(H,24,25). The first-order valence-corrected chi connectivity index (χ1v) is 9.34. The summed E-state index contributed by atoms with van der Waals surface area (Å²) in [4.78, 5) is 27.5. The third-order valence-electron chi connectivity index (χ3n) is 5.17. The lowest BCUT2D eigenvalue weighted by Crippen LogP contribution is -2.38. The van der Waals surface area contributed by atoms with Crippen molar-refractivity contribution < 1.29 is 14.3 Å². The molecule has 1 aliphatic rings. The molecule has 142 valence electrons. The normalized spacial score (nSPS) is 13.4. The van der Waals surface area contributed by atoms with Crippen molar-refractivity contribution in [2.75, 3.05) is 11.4 Å². The largest absolute Gasteiger partial charge is 0.420 e. The molecule has 0 radical (unpaired) electrons. The van der Waals surface area contributed by atoms with Gasteiger partial charge in [-0.3, -0.25) is 9.89 Å². The second-order valence-electron chi connectivity index (χ2n) is 6.90. The van der Waals surface area contributed by atoms with Gasteiger partial charge >= 0.3 is 5.97 Å². The van der Waals surface area contributed by atoms with E-state index in [1.807, 2.05) is 48.5 Å². The summed E-state index contributed by atoms with van der Waals surface area (Å²) in [5, 5.41) is 8.46. The van der Waals surface area contributed by atoms with Gasteiger partial charge in [0.15, 0.2) is 5.75 Å². The molecule has 1 aliphatic heterocycles. The Balaban J connectivity index is 1.50. The maximum Gasteiger partial charge on any atom is 0.343 e. The minimum absolute atomic E-state index is 0.111. The summed E-state index contributed by atoms with van der Waals surface area (Å²) < 4.78 is 5.28. The van der Waals surface area contributed by atoms with E-state index in [4.69, 9.17) is 4.74 Å². The van der Waals surface area contributed by atoms with E-state index in [0.29, 0.717) is 23.4 Å². The second-order valence-corrected chi connectivity index (χ2v) is 6.90. The lowest BCUT2D eigenvalue weighted by Gasteiger charge is -2.29. The van der Waals surface area contributed by atoms with Gasteiger partial charge in [0.2, 0.25) is 0 Å². The van der Waals surface area contributed by atoms with Crippen LogP contribution in [0.3, 0.4) is 0 Å². The Morgan fingerprint density at radius 1 is 1.07 bits per heavy atom. The van der Waals surface area contributed by atoms with Crippen molar-refractivity contribution >= 4 is 28.3 Å². The minimum Gasteiger partial charge on any atom is -0.420 e. The number of fused-ring (bicyclic) bond motifs is 2. The smallest absolute Gasteiger partial charge is 0.343 e. The molecule has 1 amide bonds. The number of aromatic amines is 1. The number of carbonyl (C=O) groups is 2. The Kier molecular flexibility index (Phi) is 4.09. The van der Waals surface area contributed by atoms with Crippen LogP contribution in [0, 0.1) is 0 Å². The fourth-order valence-corrected chi connectivity index (χ4v) is 3.73. The van der Waals surface area contributed by atoms with Crippen molar-refractivity contribution in [1.29, 1.82) is 0 Å². The van der Waals surface area contributed by atoms with Crippen LogP contribution in [-0.4, -0.2) is 28.6 Å².